The van der Waals surface area contributed by atoms with Crippen LogP contribution < -0.4 is 11.1 Å². The maximum Gasteiger partial charge on any atom is 0.185 e. The number of halogens is 4. The molecule has 0 aromatic heterocycles. The molecule has 4 nitrogen and oxygen atoms in total. The van der Waals surface area contributed by atoms with Crippen molar-refractivity contribution >= 4 is 11.5 Å². The lowest BCUT2D eigenvalue weighted by atomic mass is 10.1. The van der Waals surface area contributed by atoms with Crippen LogP contribution in [0.2, 0.25) is 0 Å². The Kier molecular flexibility index (Phi) is 4.96. The summed E-state index contributed by atoms with van der Waals surface area (Å²) in [5, 5.41) is 13.4. The number of nitrogens with one attached hydrogen (secondary N) is 1. The highest BCUT2D eigenvalue weighted by molar-refractivity contribution is 5.80. The summed E-state index contributed by atoms with van der Waals surface area (Å²) in [4.78, 5) is 0. The highest BCUT2D eigenvalue weighted by Crippen LogP contribution is 2.25. The van der Waals surface area contributed by atoms with Crippen molar-refractivity contribution in [3.05, 3.63) is 29.3 Å². The van der Waals surface area contributed by atoms with E-state index >= 15 is 0 Å². The zero-order chi connectivity index (χ0) is 14.6. The molecule has 0 saturated heterocycles. The number of nitrogens with two attached hydrogens (primary N) is 1. The minimum absolute atomic E-state index is 0.0377. The van der Waals surface area contributed by atoms with Crippen LogP contribution >= 0.6 is 0 Å². The van der Waals surface area contributed by atoms with Crippen molar-refractivity contribution in [1.29, 1.82) is 0 Å². The van der Waals surface area contributed by atoms with Crippen LogP contribution in [0.15, 0.2) is 11.2 Å². The standard InChI is InChI=1S/C11H13F4N3O/c1-2-5(3-8(16)18-19)17-11-9(14)6(12)4-7(13)10(11)15/h4-5,17,19H,2-3H2,1H3,(H2,16,18). The Bertz CT molecular complexity index is 467. The van der Waals surface area contributed by atoms with Crippen LogP contribution in [0.4, 0.5) is 23.2 Å². The van der Waals surface area contributed by atoms with Gasteiger partial charge in [-0.3, -0.25) is 0 Å². The van der Waals surface area contributed by atoms with E-state index in [4.69, 9.17) is 10.9 Å². The fraction of sp³-hybridized carbons (Fsp3) is 0.364. The van der Waals surface area contributed by atoms with Gasteiger partial charge < -0.3 is 16.3 Å². The first-order chi connectivity index (χ1) is 8.90. The van der Waals surface area contributed by atoms with E-state index in [0.29, 0.717) is 6.42 Å². The fourth-order valence-corrected chi connectivity index (χ4v) is 1.49. The predicted molar refractivity (Wildman–Crippen MR) is 62.0 cm³/mol. The van der Waals surface area contributed by atoms with Crippen molar-refractivity contribution in [2.75, 3.05) is 5.32 Å². The molecular weight excluding hydrogens is 266 g/mol. The molecule has 0 aliphatic carbocycles. The summed E-state index contributed by atoms with van der Waals surface area (Å²) >= 11 is 0. The second-order valence-corrected chi connectivity index (χ2v) is 3.89. The number of rotatable bonds is 5. The van der Waals surface area contributed by atoms with Crippen LogP contribution in [0, 0.1) is 23.3 Å². The van der Waals surface area contributed by atoms with E-state index in [-0.39, 0.29) is 18.3 Å². The van der Waals surface area contributed by atoms with Gasteiger partial charge in [0.15, 0.2) is 23.3 Å². The van der Waals surface area contributed by atoms with Crippen molar-refractivity contribution in [1.82, 2.24) is 0 Å². The SMILES string of the molecule is CCC(C/C(N)=N/O)Nc1c(F)c(F)cc(F)c1F. The van der Waals surface area contributed by atoms with E-state index < -0.39 is 35.0 Å². The molecule has 0 fully saturated rings. The third-order valence-corrected chi connectivity index (χ3v) is 2.54. The largest absolute Gasteiger partial charge is 0.409 e. The number of benzene rings is 1. The van der Waals surface area contributed by atoms with Gasteiger partial charge >= 0.3 is 0 Å². The molecule has 0 bridgehead atoms. The summed E-state index contributed by atoms with van der Waals surface area (Å²) in [5.74, 6) is -6.20. The molecule has 0 aliphatic heterocycles. The second kappa shape index (κ2) is 6.26. The lowest BCUT2D eigenvalue weighted by Crippen LogP contribution is -2.27. The summed E-state index contributed by atoms with van der Waals surface area (Å²) < 4.78 is 52.8. The van der Waals surface area contributed by atoms with Crippen LogP contribution in [0.3, 0.4) is 0 Å². The maximum absolute atomic E-state index is 13.4. The molecule has 0 aliphatic rings. The smallest absolute Gasteiger partial charge is 0.185 e. The summed E-state index contributed by atoms with van der Waals surface area (Å²) in [6.07, 6.45) is 0.303. The van der Waals surface area contributed by atoms with Crippen LogP contribution in [0.25, 0.3) is 0 Å². The quantitative estimate of drug-likeness (QED) is 0.194. The van der Waals surface area contributed by atoms with E-state index in [1.165, 1.54) is 0 Å². The Morgan fingerprint density at radius 3 is 2.26 bits per heavy atom. The Hall–Kier alpha value is -1.99. The topological polar surface area (TPSA) is 70.6 Å². The molecule has 1 unspecified atom stereocenters. The molecule has 8 heteroatoms. The molecule has 0 spiro atoms. The van der Waals surface area contributed by atoms with E-state index in [1.807, 2.05) is 0 Å². The van der Waals surface area contributed by atoms with Gasteiger partial charge in [0.1, 0.15) is 11.5 Å². The first-order valence-corrected chi connectivity index (χ1v) is 5.46. The maximum atomic E-state index is 13.4. The zero-order valence-corrected chi connectivity index (χ0v) is 10.1. The van der Waals surface area contributed by atoms with Gasteiger partial charge in [-0.2, -0.15) is 0 Å². The van der Waals surface area contributed by atoms with Gasteiger partial charge in [-0.15, -0.1) is 0 Å². The van der Waals surface area contributed by atoms with Crippen molar-refractivity contribution in [2.24, 2.45) is 10.9 Å². The average molecular weight is 279 g/mol. The second-order valence-electron chi connectivity index (χ2n) is 3.89. The molecule has 1 aromatic carbocycles. The molecule has 106 valence electrons. The average Bonchev–Trinajstić information content (AvgIpc) is 2.39. The van der Waals surface area contributed by atoms with Gasteiger partial charge in [0.25, 0.3) is 0 Å². The number of amidine groups is 1. The first-order valence-electron chi connectivity index (χ1n) is 5.46. The molecular formula is C11H13F4N3O. The van der Waals surface area contributed by atoms with Crippen molar-refractivity contribution in [2.45, 2.75) is 25.8 Å². The molecule has 0 saturated carbocycles. The van der Waals surface area contributed by atoms with Crippen LogP contribution in [-0.4, -0.2) is 17.1 Å². The van der Waals surface area contributed by atoms with Crippen molar-refractivity contribution in [3.63, 3.8) is 0 Å². The normalized spacial score (nSPS) is 13.4. The van der Waals surface area contributed by atoms with E-state index in [0.717, 1.165) is 0 Å². The number of hydrogen-bond acceptors (Lipinski definition) is 3. The number of anilines is 1. The molecule has 4 N–H and O–H groups in total. The van der Waals surface area contributed by atoms with Gasteiger partial charge in [0.2, 0.25) is 0 Å². The van der Waals surface area contributed by atoms with Crippen LogP contribution in [0.1, 0.15) is 19.8 Å². The minimum atomic E-state index is -1.52. The van der Waals surface area contributed by atoms with Gasteiger partial charge in [0.05, 0.1) is 0 Å². The monoisotopic (exact) mass is 279 g/mol. The Morgan fingerprint density at radius 1 is 1.32 bits per heavy atom. The Labute approximate surface area is 106 Å². The fourth-order valence-electron chi connectivity index (χ4n) is 1.49. The Morgan fingerprint density at radius 2 is 1.84 bits per heavy atom. The van der Waals surface area contributed by atoms with Crippen molar-refractivity contribution < 1.29 is 22.8 Å². The molecule has 1 atom stereocenters. The van der Waals surface area contributed by atoms with Crippen LogP contribution in [-0.2, 0) is 0 Å². The van der Waals surface area contributed by atoms with E-state index in [9.17, 15) is 17.6 Å². The summed E-state index contributed by atoms with van der Waals surface area (Å²) in [6, 6.07) is -0.513. The molecule has 0 amide bonds. The van der Waals surface area contributed by atoms with Gasteiger partial charge in [0, 0.05) is 18.5 Å². The molecule has 19 heavy (non-hydrogen) atoms. The molecule has 0 radical (unpaired) electrons. The first kappa shape index (κ1) is 15.1. The van der Waals surface area contributed by atoms with Gasteiger partial charge in [-0.05, 0) is 6.42 Å². The minimum Gasteiger partial charge on any atom is -0.409 e. The predicted octanol–water partition coefficient (Wildman–Crippen LogP) is 2.57. The summed E-state index contributed by atoms with van der Waals surface area (Å²) in [5.41, 5.74) is 4.36. The zero-order valence-electron chi connectivity index (χ0n) is 10.1. The molecule has 0 heterocycles. The van der Waals surface area contributed by atoms with Gasteiger partial charge in [-0.25, -0.2) is 17.6 Å². The van der Waals surface area contributed by atoms with E-state index in [1.54, 1.807) is 6.92 Å². The lowest BCUT2D eigenvalue weighted by Gasteiger charge is -2.18. The Balaban J connectivity index is 3.03. The number of oxime groups is 1. The number of nitrogens with zero attached hydrogens (tertiary/aromatic N) is 1. The lowest BCUT2D eigenvalue weighted by molar-refractivity contribution is 0.316. The third-order valence-electron chi connectivity index (χ3n) is 2.54. The van der Waals surface area contributed by atoms with E-state index in [2.05, 4.69) is 10.5 Å². The summed E-state index contributed by atoms with van der Waals surface area (Å²) in [7, 11) is 0. The van der Waals surface area contributed by atoms with Crippen LogP contribution in [0.5, 0.6) is 0 Å². The highest BCUT2D eigenvalue weighted by atomic mass is 19.2. The van der Waals surface area contributed by atoms with Gasteiger partial charge in [-0.1, -0.05) is 12.1 Å². The van der Waals surface area contributed by atoms with Crippen molar-refractivity contribution in [3.8, 4) is 0 Å². The number of hydrogen-bond donors (Lipinski definition) is 3. The molecule has 1 rings (SSSR count). The highest BCUT2D eigenvalue weighted by Gasteiger charge is 2.21. The summed E-state index contributed by atoms with van der Waals surface area (Å²) in [6.45, 7) is 1.66. The molecule has 1 aromatic rings. The third kappa shape index (κ3) is 3.49.